The highest BCUT2D eigenvalue weighted by atomic mass is 16.5. The van der Waals surface area contributed by atoms with Gasteiger partial charge in [0.15, 0.2) is 11.5 Å². The zero-order chi connectivity index (χ0) is 18.9. The highest BCUT2D eigenvalue weighted by Gasteiger charge is 2.08. The molecule has 0 bridgehead atoms. The van der Waals surface area contributed by atoms with E-state index in [-0.39, 0.29) is 11.9 Å². The molecule has 0 spiro atoms. The average molecular weight is 353 g/mol. The quantitative estimate of drug-likeness (QED) is 0.705. The Morgan fingerprint density at radius 2 is 1.81 bits per heavy atom. The summed E-state index contributed by atoms with van der Waals surface area (Å²) < 4.78 is 11.1. The molecule has 0 saturated carbocycles. The summed E-state index contributed by atoms with van der Waals surface area (Å²) in [4.78, 5) is 12.1. The second kappa shape index (κ2) is 9.66. The van der Waals surface area contributed by atoms with Crippen LogP contribution >= 0.6 is 0 Å². The van der Waals surface area contributed by atoms with Gasteiger partial charge in [0.2, 0.25) is 5.91 Å². The molecule has 1 amide bonds. The number of hydrogen-bond donors (Lipinski definition) is 1. The predicted molar refractivity (Wildman–Crippen MR) is 105 cm³/mol. The van der Waals surface area contributed by atoms with Crippen LogP contribution in [0, 0.1) is 5.92 Å². The van der Waals surface area contributed by atoms with Gasteiger partial charge in [-0.1, -0.05) is 50.2 Å². The molecule has 0 aliphatic rings. The van der Waals surface area contributed by atoms with Gasteiger partial charge in [-0.05, 0) is 42.2 Å². The van der Waals surface area contributed by atoms with Crippen molar-refractivity contribution >= 4 is 12.0 Å². The summed E-state index contributed by atoms with van der Waals surface area (Å²) in [6.45, 7) is 6.79. The van der Waals surface area contributed by atoms with Crippen molar-refractivity contribution in [1.29, 1.82) is 0 Å². The summed E-state index contributed by atoms with van der Waals surface area (Å²) in [5.74, 6) is 1.67. The number of ether oxygens (including phenoxy) is 2. The maximum Gasteiger partial charge on any atom is 0.244 e. The largest absolute Gasteiger partial charge is 0.493 e. The van der Waals surface area contributed by atoms with Crippen LogP contribution in [0.1, 0.15) is 37.9 Å². The minimum atomic E-state index is -0.138. The van der Waals surface area contributed by atoms with Crippen molar-refractivity contribution in [2.45, 2.75) is 26.8 Å². The Kier molecular flexibility index (Phi) is 7.27. The Balaban J connectivity index is 1.99. The van der Waals surface area contributed by atoms with Crippen molar-refractivity contribution in [2.24, 2.45) is 5.92 Å². The maximum absolute atomic E-state index is 12.1. The van der Waals surface area contributed by atoms with Crippen LogP contribution in [0.25, 0.3) is 6.08 Å². The molecule has 1 atom stereocenters. The van der Waals surface area contributed by atoms with Crippen molar-refractivity contribution < 1.29 is 14.3 Å². The Labute approximate surface area is 155 Å². The molecule has 2 aromatic carbocycles. The topological polar surface area (TPSA) is 47.6 Å². The average Bonchev–Trinajstić information content (AvgIpc) is 2.65. The number of carbonyl (C=O) groups excluding carboxylic acids is 1. The van der Waals surface area contributed by atoms with Gasteiger partial charge in [-0.25, -0.2) is 0 Å². The zero-order valence-corrected chi connectivity index (χ0v) is 15.9. The molecule has 1 N–H and O–H groups in total. The van der Waals surface area contributed by atoms with E-state index in [1.165, 1.54) is 6.08 Å². The van der Waals surface area contributed by atoms with Gasteiger partial charge < -0.3 is 14.8 Å². The van der Waals surface area contributed by atoms with Gasteiger partial charge in [0.1, 0.15) is 0 Å². The van der Waals surface area contributed by atoms with Gasteiger partial charge in [0.25, 0.3) is 0 Å². The molecule has 0 fully saturated rings. The standard InChI is InChI=1S/C22H27NO3/c1-16(2)15-26-20-12-10-18(14-21(20)25-4)11-13-22(24)23-17(3)19-8-6-5-7-9-19/h5-14,16-17H,15H2,1-4H3,(H,23,24)/b13-11+. The monoisotopic (exact) mass is 353 g/mol. The Hall–Kier alpha value is -2.75. The van der Waals surface area contributed by atoms with Crippen molar-refractivity contribution in [3.05, 3.63) is 65.7 Å². The van der Waals surface area contributed by atoms with Crippen molar-refractivity contribution in [1.82, 2.24) is 5.32 Å². The number of nitrogens with one attached hydrogen (secondary N) is 1. The maximum atomic E-state index is 12.1. The third-order valence-electron chi connectivity index (χ3n) is 3.85. The second-order valence-corrected chi connectivity index (χ2v) is 6.59. The van der Waals surface area contributed by atoms with Crippen LogP contribution < -0.4 is 14.8 Å². The highest BCUT2D eigenvalue weighted by Crippen LogP contribution is 2.29. The van der Waals surface area contributed by atoms with E-state index in [2.05, 4.69) is 19.2 Å². The SMILES string of the molecule is COc1cc(/C=C/C(=O)NC(C)c2ccccc2)ccc1OCC(C)C. The summed E-state index contributed by atoms with van der Waals surface area (Å²) in [5, 5.41) is 2.96. The van der Waals surface area contributed by atoms with Crippen molar-refractivity contribution in [3.8, 4) is 11.5 Å². The lowest BCUT2D eigenvalue weighted by Gasteiger charge is -2.13. The van der Waals surface area contributed by atoms with Crippen LogP contribution in [0.3, 0.4) is 0 Å². The molecule has 1 unspecified atom stereocenters. The summed E-state index contributed by atoms with van der Waals surface area (Å²) in [5.41, 5.74) is 1.95. The van der Waals surface area contributed by atoms with Crippen LogP contribution in [-0.4, -0.2) is 19.6 Å². The molecule has 0 heterocycles. The normalized spacial score (nSPS) is 12.2. The molecule has 4 heteroatoms. The van der Waals surface area contributed by atoms with Crippen LogP contribution in [0.2, 0.25) is 0 Å². The summed E-state index contributed by atoms with van der Waals surface area (Å²) >= 11 is 0. The number of benzene rings is 2. The number of carbonyl (C=O) groups is 1. The van der Waals surface area contributed by atoms with Gasteiger partial charge in [-0.15, -0.1) is 0 Å². The molecule has 2 rings (SSSR count). The molecule has 0 radical (unpaired) electrons. The highest BCUT2D eigenvalue weighted by molar-refractivity contribution is 5.92. The van der Waals surface area contributed by atoms with Gasteiger partial charge >= 0.3 is 0 Å². The molecule has 4 nitrogen and oxygen atoms in total. The third kappa shape index (κ3) is 5.96. The van der Waals surface area contributed by atoms with Gasteiger partial charge in [0, 0.05) is 6.08 Å². The molecule has 0 saturated heterocycles. The Bertz CT molecular complexity index is 738. The van der Waals surface area contributed by atoms with Gasteiger partial charge in [0.05, 0.1) is 19.8 Å². The fourth-order valence-electron chi connectivity index (χ4n) is 2.42. The first kappa shape index (κ1) is 19.6. The van der Waals surface area contributed by atoms with E-state index in [1.54, 1.807) is 13.2 Å². The van der Waals surface area contributed by atoms with Gasteiger partial charge in [-0.3, -0.25) is 4.79 Å². The van der Waals surface area contributed by atoms with E-state index in [9.17, 15) is 4.79 Å². The zero-order valence-electron chi connectivity index (χ0n) is 15.9. The number of rotatable bonds is 8. The van der Waals surface area contributed by atoms with E-state index in [4.69, 9.17) is 9.47 Å². The van der Waals surface area contributed by atoms with Crippen LogP contribution in [0.15, 0.2) is 54.6 Å². The molecule has 2 aromatic rings. The molecule has 0 aliphatic heterocycles. The third-order valence-corrected chi connectivity index (χ3v) is 3.85. The van der Waals surface area contributed by atoms with Crippen LogP contribution in [0.4, 0.5) is 0 Å². The Morgan fingerprint density at radius 3 is 2.46 bits per heavy atom. The van der Waals surface area contributed by atoms with Crippen LogP contribution in [0.5, 0.6) is 11.5 Å². The second-order valence-electron chi connectivity index (χ2n) is 6.59. The first-order valence-electron chi connectivity index (χ1n) is 8.84. The smallest absolute Gasteiger partial charge is 0.244 e. The minimum absolute atomic E-state index is 0.0466. The first-order chi connectivity index (χ1) is 12.5. The summed E-state index contributed by atoms with van der Waals surface area (Å²) in [6.07, 6.45) is 3.30. The lowest BCUT2D eigenvalue weighted by atomic mass is 10.1. The van der Waals surface area contributed by atoms with Crippen molar-refractivity contribution in [2.75, 3.05) is 13.7 Å². The molecular formula is C22H27NO3. The van der Waals surface area contributed by atoms with E-state index < -0.39 is 0 Å². The number of hydrogen-bond acceptors (Lipinski definition) is 3. The van der Waals surface area contributed by atoms with Crippen LogP contribution in [-0.2, 0) is 4.79 Å². The Morgan fingerprint density at radius 1 is 1.08 bits per heavy atom. The van der Waals surface area contributed by atoms with E-state index in [0.29, 0.717) is 24.0 Å². The van der Waals surface area contributed by atoms with E-state index in [0.717, 1.165) is 11.1 Å². The minimum Gasteiger partial charge on any atom is -0.493 e. The molecule has 26 heavy (non-hydrogen) atoms. The predicted octanol–water partition coefficient (Wildman–Crippen LogP) is 4.62. The molecule has 0 aliphatic carbocycles. The number of methoxy groups -OCH3 is 1. The summed E-state index contributed by atoms with van der Waals surface area (Å²) in [7, 11) is 1.61. The van der Waals surface area contributed by atoms with Gasteiger partial charge in [-0.2, -0.15) is 0 Å². The van der Waals surface area contributed by atoms with E-state index in [1.807, 2.05) is 55.5 Å². The molecular weight excluding hydrogens is 326 g/mol. The first-order valence-corrected chi connectivity index (χ1v) is 8.84. The molecule has 0 aromatic heterocycles. The fourth-order valence-corrected chi connectivity index (χ4v) is 2.42. The fraction of sp³-hybridized carbons (Fsp3) is 0.318. The number of amides is 1. The van der Waals surface area contributed by atoms with Crippen molar-refractivity contribution in [3.63, 3.8) is 0 Å². The van der Waals surface area contributed by atoms with E-state index >= 15 is 0 Å². The lowest BCUT2D eigenvalue weighted by Crippen LogP contribution is -2.24. The summed E-state index contributed by atoms with van der Waals surface area (Å²) in [6, 6.07) is 15.5. The lowest BCUT2D eigenvalue weighted by molar-refractivity contribution is -0.117. The molecule has 138 valence electrons.